The van der Waals surface area contributed by atoms with Crippen LogP contribution in [0.15, 0.2) is 30.6 Å². The van der Waals surface area contributed by atoms with Crippen LogP contribution in [0.5, 0.6) is 5.75 Å². The van der Waals surface area contributed by atoms with Gasteiger partial charge in [0.2, 0.25) is 0 Å². The molecular weight excluding hydrogens is 226 g/mol. The summed E-state index contributed by atoms with van der Waals surface area (Å²) in [4.78, 5) is 0. The molecule has 0 amide bonds. The Morgan fingerprint density at radius 1 is 1.44 bits per heavy atom. The van der Waals surface area contributed by atoms with E-state index in [4.69, 9.17) is 22.1 Å². The second kappa shape index (κ2) is 4.45. The van der Waals surface area contributed by atoms with Gasteiger partial charge in [-0.1, -0.05) is 11.6 Å². The van der Waals surface area contributed by atoms with Crippen LogP contribution in [0.1, 0.15) is 6.92 Å². The summed E-state index contributed by atoms with van der Waals surface area (Å²) in [5.74, 6) is 0.726. The molecule has 5 heteroatoms. The number of benzene rings is 1. The third kappa shape index (κ3) is 2.28. The maximum Gasteiger partial charge on any atom is 0.123 e. The number of halogens is 1. The third-order valence-corrected chi connectivity index (χ3v) is 2.24. The molecule has 0 aliphatic heterocycles. The normalized spacial score (nSPS) is 10.4. The minimum atomic E-state index is 0.584. The van der Waals surface area contributed by atoms with Crippen LogP contribution < -0.4 is 10.5 Å². The van der Waals surface area contributed by atoms with E-state index in [9.17, 15) is 0 Å². The molecule has 1 aromatic carbocycles. The Kier molecular flexibility index (Phi) is 3.01. The molecule has 1 heterocycles. The van der Waals surface area contributed by atoms with Gasteiger partial charge >= 0.3 is 0 Å². The molecule has 0 fully saturated rings. The molecular formula is C11H12ClN3O. The first-order chi connectivity index (χ1) is 7.69. The molecule has 2 aromatic rings. The summed E-state index contributed by atoms with van der Waals surface area (Å²) in [5.41, 5.74) is 7.24. The molecule has 4 nitrogen and oxygen atoms in total. The van der Waals surface area contributed by atoms with E-state index in [-0.39, 0.29) is 0 Å². The number of anilines is 1. The number of aromatic nitrogens is 2. The number of hydrogen-bond acceptors (Lipinski definition) is 3. The molecule has 0 saturated carbocycles. The highest BCUT2D eigenvalue weighted by atomic mass is 35.5. The van der Waals surface area contributed by atoms with Gasteiger partial charge in [0, 0.05) is 24.0 Å². The van der Waals surface area contributed by atoms with Crippen molar-refractivity contribution in [3.63, 3.8) is 0 Å². The standard InChI is InChI=1S/C11H12ClN3O/c1-2-16-11-4-9(13)3-10(5-11)15-7-8(12)6-14-15/h3-7H,2,13H2,1H3. The molecule has 1 aromatic heterocycles. The van der Waals surface area contributed by atoms with Crippen molar-refractivity contribution >= 4 is 17.3 Å². The van der Waals surface area contributed by atoms with Crippen molar-refractivity contribution < 1.29 is 4.74 Å². The van der Waals surface area contributed by atoms with Gasteiger partial charge in [-0.2, -0.15) is 5.10 Å². The smallest absolute Gasteiger partial charge is 0.123 e. The lowest BCUT2D eigenvalue weighted by atomic mass is 10.2. The predicted octanol–water partition coefficient (Wildman–Crippen LogP) is 2.51. The van der Waals surface area contributed by atoms with Gasteiger partial charge in [-0.05, 0) is 13.0 Å². The van der Waals surface area contributed by atoms with Gasteiger partial charge in [0.25, 0.3) is 0 Å². The Balaban J connectivity index is 2.40. The molecule has 84 valence electrons. The van der Waals surface area contributed by atoms with Gasteiger partial charge in [-0.15, -0.1) is 0 Å². The number of ether oxygens (including phenoxy) is 1. The van der Waals surface area contributed by atoms with Crippen molar-refractivity contribution in [2.24, 2.45) is 0 Å². The molecule has 0 spiro atoms. The van der Waals surface area contributed by atoms with Crippen molar-refractivity contribution in [1.29, 1.82) is 0 Å². The predicted molar refractivity (Wildman–Crippen MR) is 64.2 cm³/mol. The van der Waals surface area contributed by atoms with Gasteiger partial charge in [0.05, 0.1) is 23.5 Å². The summed E-state index contributed by atoms with van der Waals surface area (Å²) in [6, 6.07) is 5.45. The van der Waals surface area contributed by atoms with Crippen LogP contribution in [0.2, 0.25) is 5.02 Å². The molecule has 0 atom stereocenters. The fourth-order valence-electron chi connectivity index (χ4n) is 1.43. The van der Waals surface area contributed by atoms with Gasteiger partial charge in [-0.3, -0.25) is 0 Å². The van der Waals surface area contributed by atoms with Crippen LogP contribution in [0.25, 0.3) is 5.69 Å². The minimum absolute atomic E-state index is 0.584. The van der Waals surface area contributed by atoms with E-state index in [2.05, 4.69) is 5.10 Å². The quantitative estimate of drug-likeness (QED) is 0.835. The highest BCUT2D eigenvalue weighted by Gasteiger charge is 2.03. The molecule has 0 unspecified atom stereocenters. The molecule has 0 radical (unpaired) electrons. The second-order valence-electron chi connectivity index (χ2n) is 3.30. The third-order valence-electron chi connectivity index (χ3n) is 2.04. The summed E-state index contributed by atoms with van der Waals surface area (Å²) in [6.45, 7) is 2.52. The zero-order valence-electron chi connectivity index (χ0n) is 8.85. The van der Waals surface area contributed by atoms with Crippen molar-refractivity contribution in [2.45, 2.75) is 6.92 Å². The average Bonchev–Trinajstić information content (AvgIpc) is 2.64. The summed E-state index contributed by atoms with van der Waals surface area (Å²) < 4.78 is 7.06. The second-order valence-corrected chi connectivity index (χ2v) is 3.73. The van der Waals surface area contributed by atoms with Crippen LogP contribution in [-0.2, 0) is 0 Å². The maximum atomic E-state index is 5.81. The Hall–Kier alpha value is -1.68. The van der Waals surface area contributed by atoms with Crippen LogP contribution >= 0.6 is 11.6 Å². The molecule has 2 rings (SSSR count). The fraction of sp³-hybridized carbons (Fsp3) is 0.182. The monoisotopic (exact) mass is 237 g/mol. The van der Waals surface area contributed by atoms with Crippen molar-refractivity contribution in [3.05, 3.63) is 35.6 Å². The number of nitrogens with two attached hydrogens (primary N) is 1. The molecule has 0 aliphatic carbocycles. The number of hydrogen-bond donors (Lipinski definition) is 1. The lowest BCUT2D eigenvalue weighted by molar-refractivity contribution is 0.340. The maximum absolute atomic E-state index is 5.81. The number of rotatable bonds is 3. The van der Waals surface area contributed by atoms with Crippen LogP contribution in [-0.4, -0.2) is 16.4 Å². The van der Waals surface area contributed by atoms with E-state index >= 15 is 0 Å². The highest BCUT2D eigenvalue weighted by Crippen LogP contribution is 2.22. The zero-order valence-corrected chi connectivity index (χ0v) is 9.61. The van der Waals surface area contributed by atoms with Crippen molar-refractivity contribution in [1.82, 2.24) is 9.78 Å². The van der Waals surface area contributed by atoms with Crippen LogP contribution in [0, 0.1) is 0 Å². The topological polar surface area (TPSA) is 53.1 Å². The molecule has 0 aliphatic rings. The van der Waals surface area contributed by atoms with Gasteiger partial charge < -0.3 is 10.5 Å². The number of nitrogens with zero attached hydrogens (tertiary/aromatic N) is 2. The first-order valence-electron chi connectivity index (χ1n) is 4.93. The Morgan fingerprint density at radius 3 is 2.88 bits per heavy atom. The van der Waals surface area contributed by atoms with Crippen molar-refractivity contribution in [3.8, 4) is 11.4 Å². The molecule has 2 N–H and O–H groups in total. The SMILES string of the molecule is CCOc1cc(N)cc(-n2cc(Cl)cn2)c1. The number of nitrogen functional groups attached to an aromatic ring is 1. The van der Waals surface area contributed by atoms with Gasteiger partial charge in [-0.25, -0.2) is 4.68 Å². The lowest BCUT2D eigenvalue weighted by Crippen LogP contribution is -1.99. The van der Waals surface area contributed by atoms with Gasteiger partial charge in [0.15, 0.2) is 0 Å². The van der Waals surface area contributed by atoms with E-state index in [1.54, 1.807) is 23.1 Å². The van der Waals surface area contributed by atoms with E-state index in [1.165, 1.54) is 0 Å². The van der Waals surface area contributed by atoms with Gasteiger partial charge in [0.1, 0.15) is 5.75 Å². The minimum Gasteiger partial charge on any atom is -0.494 e. The first-order valence-corrected chi connectivity index (χ1v) is 5.30. The molecule has 0 saturated heterocycles. The summed E-state index contributed by atoms with van der Waals surface area (Å²) >= 11 is 5.81. The van der Waals surface area contributed by atoms with E-state index in [0.29, 0.717) is 17.3 Å². The van der Waals surface area contributed by atoms with E-state index in [1.807, 2.05) is 19.1 Å². The highest BCUT2D eigenvalue weighted by molar-refractivity contribution is 6.30. The first kappa shape index (κ1) is 10.8. The van der Waals surface area contributed by atoms with E-state index < -0.39 is 0 Å². The average molecular weight is 238 g/mol. The summed E-state index contributed by atoms with van der Waals surface area (Å²) in [7, 11) is 0. The lowest BCUT2D eigenvalue weighted by Gasteiger charge is -2.07. The van der Waals surface area contributed by atoms with Crippen LogP contribution in [0.4, 0.5) is 5.69 Å². The Bertz CT molecular complexity index is 496. The summed E-state index contributed by atoms with van der Waals surface area (Å²) in [6.07, 6.45) is 3.29. The zero-order chi connectivity index (χ0) is 11.5. The fourth-order valence-corrected chi connectivity index (χ4v) is 1.57. The molecule has 0 bridgehead atoms. The molecule has 16 heavy (non-hydrogen) atoms. The van der Waals surface area contributed by atoms with Crippen LogP contribution in [0.3, 0.4) is 0 Å². The Labute approximate surface area is 98.6 Å². The Morgan fingerprint density at radius 2 is 2.25 bits per heavy atom. The summed E-state index contributed by atoms with van der Waals surface area (Å²) in [5, 5.41) is 4.69. The van der Waals surface area contributed by atoms with E-state index in [0.717, 1.165) is 11.4 Å². The van der Waals surface area contributed by atoms with Crippen molar-refractivity contribution in [2.75, 3.05) is 12.3 Å². The largest absolute Gasteiger partial charge is 0.494 e.